The molecule has 0 aromatic heterocycles. The number of carbonyl (C=O) groups is 10. The van der Waals surface area contributed by atoms with Crippen LogP contribution in [0.3, 0.4) is 0 Å². The number of piperazine rings is 1. The number of ketones is 2. The molecular weight excluding hydrogens is 1490 g/mol. The number of nitrogens with one attached hydrogen (secondary N) is 9. The fourth-order valence-electron chi connectivity index (χ4n) is 14.4. The van der Waals surface area contributed by atoms with E-state index in [1.165, 1.54) is 81.8 Å². The van der Waals surface area contributed by atoms with Crippen molar-refractivity contribution in [2.45, 2.75) is 127 Å². The number of rotatable bonds is 38. The lowest BCUT2D eigenvalue weighted by Gasteiger charge is -2.39. The van der Waals surface area contributed by atoms with Crippen LogP contribution in [0.5, 0.6) is 5.75 Å². The highest BCUT2D eigenvalue weighted by molar-refractivity contribution is 6.31. The van der Waals surface area contributed by atoms with Crippen LogP contribution in [0.1, 0.15) is 100 Å². The second kappa shape index (κ2) is 37.9. The molecule has 111 heavy (non-hydrogen) atoms. The topological polar surface area (TPSA) is 442 Å². The zero-order chi connectivity index (χ0) is 80.6. The first kappa shape index (κ1) is 85.1. The van der Waals surface area contributed by atoms with Crippen molar-refractivity contribution in [2.24, 2.45) is 28.7 Å². The standard InChI is InChI=1S/C76H93Cl2F2N13O18/c1-40(2)60(69(99)89-52(13-10-23-85-71(82)101)68(98)86-45-18-14-42(15-19-45)37-111-73(103)92-61-41(3)64(95)63-57(65(61)96)48(38-110-72(83)102)76(105-8)66-53(87-66)36-93(63)76)91-56(94)22-25-106-27-29-108-31-32-109-30-28-107-26-24-84-67(97)43-16-21-51(54(33-43)104-7)88-70(100)62-58(46-11-9-12-49(78)59(46)80)75(39-81,55(90-62)35-74(4,5)6)47-20-17-44(77)34-50(47)79/h9,11-12,14-21,33-34,40,48,52-53,55,58,60,62,66,87,90H,10,13,22-32,35-38H2,1-8H3,(H2,83,102)(H,84,97)(H,86,98)(H,88,100)(H,89,99)(H,91,94)(H,92,103)(H3,82,85,101)/t48-,52+,53+,55+,58+,60-,62-,66+,75+,76-/m1/s1. The van der Waals surface area contributed by atoms with Crippen molar-refractivity contribution in [1.82, 2.24) is 42.1 Å². The summed E-state index contributed by atoms with van der Waals surface area (Å²) < 4.78 is 76.9. The van der Waals surface area contributed by atoms with Crippen LogP contribution in [0.4, 0.5) is 34.5 Å². The number of fused-ring (bicyclic) bond motifs is 4. The first-order valence-corrected chi connectivity index (χ1v) is 36.8. The predicted octanol–water partition coefficient (Wildman–Crippen LogP) is 5.77. The first-order chi connectivity index (χ1) is 52.9. The number of halogens is 4. The van der Waals surface area contributed by atoms with E-state index in [-0.39, 0.29) is 178 Å². The van der Waals surface area contributed by atoms with Crippen LogP contribution in [0.25, 0.3) is 0 Å². The molecule has 4 aliphatic heterocycles. The summed E-state index contributed by atoms with van der Waals surface area (Å²) in [7, 11) is 2.78. The van der Waals surface area contributed by atoms with Gasteiger partial charge in [0.05, 0.1) is 106 Å². The van der Waals surface area contributed by atoms with Crippen LogP contribution in [0.15, 0.2) is 101 Å². The second-order valence-electron chi connectivity index (χ2n) is 28.6. The number of ether oxygens (including phenoxy) is 8. The Balaban J connectivity index is 0.650. The molecule has 5 aliphatic rings. The molecule has 31 nitrogen and oxygen atoms in total. The predicted molar refractivity (Wildman–Crippen MR) is 399 cm³/mol. The van der Waals surface area contributed by atoms with E-state index in [0.717, 1.165) is 6.07 Å². The molecule has 3 saturated heterocycles. The molecule has 9 rings (SSSR count). The SMILES string of the molecule is COc1cc(C(=O)NCCOCCOCCOCCOCCC(=O)N[C@@H](C(=O)N[C@@H](CCCNC(N)=O)C(=O)Nc2ccc(COC(=O)NC3=C(C)C(=O)C4=C(C3=O)[C@@H](COC(N)=O)[C@@]3(OC)[C@H]5N[C@H]5CN43)cc2)C(C)C)ccc1NC(=O)[C@@H]1N[C@@H](CC(C)(C)C)[C@](C#N)(c2ccc(Cl)cc2F)[C@H]1c1cccc(Cl)c1F. The maximum Gasteiger partial charge on any atom is 0.412 e. The average molecular weight is 1590 g/mol. The number of allylic oxidation sites excluding steroid dienone is 2. The quantitative estimate of drug-likeness (QED) is 0.0144. The van der Waals surface area contributed by atoms with Crippen LogP contribution in [0.2, 0.25) is 10.0 Å². The van der Waals surface area contributed by atoms with E-state index in [1.54, 1.807) is 30.9 Å². The van der Waals surface area contributed by atoms with Crippen LogP contribution in [-0.4, -0.2) is 200 Å². The molecule has 4 aromatic carbocycles. The zero-order valence-electron chi connectivity index (χ0n) is 62.6. The molecular formula is C76H93Cl2F2N13O18. The van der Waals surface area contributed by atoms with Crippen LogP contribution in [-0.2, 0) is 73.9 Å². The fraction of sp³-hybridized carbons (Fsp3) is 0.487. The van der Waals surface area contributed by atoms with Gasteiger partial charge in [0.25, 0.3) is 5.91 Å². The van der Waals surface area contributed by atoms with Gasteiger partial charge in [-0.15, -0.1) is 0 Å². The third kappa shape index (κ3) is 20.3. The van der Waals surface area contributed by atoms with Crippen molar-refractivity contribution < 1.29 is 94.6 Å². The molecule has 1 aliphatic carbocycles. The highest BCUT2D eigenvalue weighted by Gasteiger charge is 2.73. The number of amides is 9. The van der Waals surface area contributed by atoms with Crippen LogP contribution in [0, 0.1) is 40.2 Å². The summed E-state index contributed by atoms with van der Waals surface area (Å²) >= 11 is 12.5. The van der Waals surface area contributed by atoms with Gasteiger partial charge in [0.15, 0.2) is 5.72 Å². The van der Waals surface area contributed by atoms with Gasteiger partial charge >= 0.3 is 18.2 Å². The van der Waals surface area contributed by atoms with Crippen molar-refractivity contribution in [3.63, 3.8) is 0 Å². The number of urea groups is 1. The zero-order valence-corrected chi connectivity index (χ0v) is 64.1. The van der Waals surface area contributed by atoms with E-state index in [4.69, 9.17) is 72.6 Å². The van der Waals surface area contributed by atoms with E-state index in [2.05, 4.69) is 53.9 Å². The molecule has 0 unspecified atom stereocenters. The van der Waals surface area contributed by atoms with Gasteiger partial charge in [-0.05, 0) is 97.2 Å². The molecule has 0 spiro atoms. The lowest BCUT2D eigenvalue weighted by atomic mass is 9.62. The fourth-order valence-corrected chi connectivity index (χ4v) is 14.8. The summed E-state index contributed by atoms with van der Waals surface area (Å²) in [5.41, 5.74) is 7.71. The molecule has 13 N–H and O–H groups in total. The average Bonchev–Trinajstić information content (AvgIpc) is 1.50. The number of alkyl carbamates (subject to hydrolysis) is 1. The highest BCUT2D eigenvalue weighted by atomic mass is 35.5. The van der Waals surface area contributed by atoms with E-state index in [1.807, 2.05) is 20.8 Å². The van der Waals surface area contributed by atoms with Crippen molar-refractivity contribution in [1.29, 1.82) is 5.26 Å². The van der Waals surface area contributed by atoms with Gasteiger partial charge < -0.3 is 96.8 Å². The Hall–Kier alpha value is -9.89. The number of nitrogens with two attached hydrogens (primary N) is 2. The Morgan fingerprint density at radius 2 is 1.47 bits per heavy atom. The molecule has 0 bridgehead atoms. The van der Waals surface area contributed by atoms with Crippen LogP contribution >= 0.6 is 23.2 Å². The molecule has 598 valence electrons. The Kier molecular flexibility index (Phi) is 29.1. The number of hydrogen-bond acceptors (Lipinski definition) is 22. The highest BCUT2D eigenvalue weighted by Crippen LogP contribution is 2.57. The van der Waals surface area contributed by atoms with E-state index in [0.29, 0.717) is 17.8 Å². The van der Waals surface area contributed by atoms with Gasteiger partial charge in [-0.25, -0.2) is 23.2 Å². The Labute approximate surface area is 649 Å². The van der Waals surface area contributed by atoms with Gasteiger partial charge in [0.1, 0.15) is 48.1 Å². The Morgan fingerprint density at radius 1 is 0.784 bits per heavy atom. The Bertz CT molecular complexity index is 4270. The molecule has 4 heterocycles. The third-order valence-corrected chi connectivity index (χ3v) is 20.2. The molecule has 10 atom stereocenters. The number of Topliss-reactive ketones (excluding diaryl/α,β-unsaturated/α-hetero) is 2. The number of nitrogens with zero attached hydrogens (tertiary/aromatic N) is 2. The van der Waals surface area contributed by atoms with Crippen molar-refractivity contribution >= 4 is 93.9 Å². The summed E-state index contributed by atoms with van der Waals surface area (Å²) in [4.78, 5) is 135. The maximum absolute atomic E-state index is 16.2. The van der Waals surface area contributed by atoms with Gasteiger partial charge in [0, 0.05) is 84.1 Å². The normalized spacial score (nSPS) is 21.5. The lowest BCUT2D eigenvalue weighted by Crippen LogP contribution is -2.55. The van der Waals surface area contributed by atoms with Gasteiger partial charge in [-0.1, -0.05) is 88.2 Å². The summed E-state index contributed by atoms with van der Waals surface area (Å²) in [5.74, 6) is -8.38. The van der Waals surface area contributed by atoms with E-state index >= 15 is 8.78 Å². The van der Waals surface area contributed by atoms with Crippen molar-refractivity contribution in [3.05, 3.63) is 145 Å². The second-order valence-corrected chi connectivity index (χ2v) is 29.5. The lowest BCUT2D eigenvalue weighted by molar-refractivity contribution is -0.137. The van der Waals surface area contributed by atoms with E-state index < -0.39 is 129 Å². The number of anilines is 2. The van der Waals surface area contributed by atoms with Crippen molar-refractivity contribution in [3.8, 4) is 11.8 Å². The molecule has 9 amide bonds. The summed E-state index contributed by atoms with van der Waals surface area (Å²) in [5, 5.41) is 36.3. The number of hydrogen-bond donors (Lipinski definition) is 11. The van der Waals surface area contributed by atoms with Crippen molar-refractivity contribution in [2.75, 3.05) is 104 Å². The van der Waals surface area contributed by atoms with E-state index in [9.17, 15) is 53.2 Å². The third-order valence-electron chi connectivity index (χ3n) is 19.7. The van der Waals surface area contributed by atoms with Gasteiger partial charge in [0.2, 0.25) is 35.2 Å². The number of carbonyl (C=O) groups excluding carboxylic acids is 10. The monoisotopic (exact) mass is 1580 g/mol. The molecule has 0 saturated carbocycles. The summed E-state index contributed by atoms with van der Waals surface area (Å²) in [6, 6.07) is 15.5. The van der Waals surface area contributed by atoms with Gasteiger partial charge in [-0.3, -0.25) is 38.9 Å². The molecule has 3 fully saturated rings. The number of benzene rings is 4. The summed E-state index contributed by atoms with van der Waals surface area (Å²) in [6.07, 6.45) is -1.71. The molecule has 0 radical (unpaired) electrons. The molecule has 35 heteroatoms. The molecule has 4 aromatic rings. The smallest absolute Gasteiger partial charge is 0.412 e. The number of nitriles is 1. The van der Waals surface area contributed by atoms with Crippen LogP contribution < -0.4 is 64.1 Å². The minimum Gasteiger partial charge on any atom is -0.495 e. The van der Waals surface area contributed by atoms with Gasteiger partial charge in [-0.2, -0.15) is 5.26 Å². The number of methoxy groups -OCH3 is 2. The minimum absolute atomic E-state index is 0.000590. The minimum atomic E-state index is -1.85. The number of primary amides is 2. The Morgan fingerprint density at radius 3 is 2.10 bits per heavy atom. The maximum atomic E-state index is 16.2. The summed E-state index contributed by atoms with van der Waals surface area (Å²) in [6.45, 7) is 11.9. The first-order valence-electron chi connectivity index (χ1n) is 36.1. The largest absolute Gasteiger partial charge is 0.495 e.